The fraction of sp³-hybridized carbons (Fsp3) is 0.333. The summed E-state index contributed by atoms with van der Waals surface area (Å²) in [7, 11) is 0. The lowest BCUT2D eigenvalue weighted by Crippen LogP contribution is -2.03. The lowest BCUT2D eigenvalue weighted by molar-refractivity contribution is 0.971. The minimum Gasteiger partial charge on any atom is -0.369 e. The van der Waals surface area contributed by atoms with Gasteiger partial charge in [-0.1, -0.05) is 19.9 Å². The van der Waals surface area contributed by atoms with Crippen molar-refractivity contribution in [3.63, 3.8) is 0 Å². The number of fused-ring (bicyclic) bond motifs is 1. The molecule has 0 spiro atoms. The van der Waals surface area contributed by atoms with Gasteiger partial charge >= 0.3 is 0 Å². The second kappa shape index (κ2) is 5.89. The highest BCUT2D eigenvalue weighted by Gasteiger charge is 2.12. The summed E-state index contributed by atoms with van der Waals surface area (Å²) in [5, 5.41) is 6.65. The van der Waals surface area contributed by atoms with Gasteiger partial charge in [-0.25, -0.2) is 9.97 Å². The average molecular weight is 303 g/mol. The number of aromatic nitrogens is 2. The van der Waals surface area contributed by atoms with E-state index in [1.54, 1.807) is 22.7 Å². The third-order valence-electron chi connectivity index (χ3n) is 3.08. The fourth-order valence-electron chi connectivity index (χ4n) is 2.04. The van der Waals surface area contributed by atoms with Crippen molar-refractivity contribution in [1.29, 1.82) is 0 Å². The van der Waals surface area contributed by atoms with Gasteiger partial charge < -0.3 is 5.32 Å². The summed E-state index contributed by atoms with van der Waals surface area (Å²) in [6.07, 6.45) is 2.13. The standard InChI is InChI=1S/C15H17N3S2/c1-3-7-16-13-11-9-10(4-2)20-15(11)18-14(17-13)12-6-5-8-19-12/h5-6,8-9H,3-4,7H2,1-2H3,(H,16,17,18). The molecular formula is C15H17N3S2. The molecule has 0 aromatic carbocycles. The summed E-state index contributed by atoms with van der Waals surface area (Å²) in [5.41, 5.74) is 0. The van der Waals surface area contributed by atoms with Crippen molar-refractivity contribution >= 4 is 38.7 Å². The first-order chi connectivity index (χ1) is 9.81. The molecule has 3 aromatic rings. The third-order valence-corrected chi connectivity index (χ3v) is 5.12. The zero-order valence-electron chi connectivity index (χ0n) is 11.6. The molecule has 0 unspecified atom stereocenters. The van der Waals surface area contributed by atoms with Crippen molar-refractivity contribution in [1.82, 2.24) is 9.97 Å². The van der Waals surface area contributed by atoms with Gasteiger partial charge in [0.1, 0.15) is 10.6 Å². The van der Waals surface area contributed by atoms with Crippen LogP contribution < -0.4 is 5.32 Å². The summed E-state index contributed by atoms with van der Waals surface area (Å²) in [5.74, 6) is 1.80. The summed E-state index contributed by atoms with van der Waals surface area (Å²) in [6, 6.07) is 6.33. The SMILES string of the molecule is CCCNc1nc(-c2cccs2)nc2sc(CC)cc12. The van der Waals surface area contributed by atoms with E-state index in [1.165, 1.54) is 4.88 Å². The number of nitrogens with zero attached hydrogens (tertiary/aromatic N) is 2. The number of nitrogens with one attached hydrogen (secondary N) is 1. The minimum atomic E-state index is 0.829. The Balaban J connectivity index is 2.13. The molecule has 0 aliphatic heterocycles. The molecule has 0 atom stereocenters. The highest BCUT2D eigenvalue weighted by Crippen LogP contribution is 2.32. The topological polar surface area (TPSA) is 37.8 Å². The van der Waals surface area contributed by atoms with Crippen LogP contribution in [0.2, 0.25) is 0 Å². The van der Waals surface area contributed by atoms with E-state index < -0.39 is 0 Å². The van der Waals surface area contributed by atoms with E-state index in [0.29, 0.717) is 0 Å². The van der Waals surface area contributed by atoms with E-state index in [1.807, 2.05) is 6.07 Å². The van der Waals surface area contributed by atoms with E-state index in [9.17, 15) is 0 Å². The van der Waals surface area contributed by atoms with Crippen molar-refractivity contribution in [2.75, 3.05) is 11.9 Å². The zero-order valence-corrected chi connectivity index (χ0v) is 13.3. The Morgan fingerprint density at radius 2 is 2.15 bits per heavy atom. The van der Waals surface area contributed by atoms with Crippen LogP contribution in [-0.2, 0) is 6.42 Å². The lowest BCUT2D eigenvalue weighted by Gasteiger charge is -2.06. The number of thiophene rings is 2. The molecule has 3 nitrogen and oxygen atoms in total. The molecule has 3 rings (SSSR count). The van der Waals surface area contributed by atoms with E-state index in [-0.39, 0.29) is 0 Å². The molecule has 0 fully saturated rings. The van der Waals surface area contributed by atoms with Gasteiger partial charge in [0, 0.05) is 11.4 Å². The van der Waals surface area contributed by atoms with E-state index >= 15 is 0 Å². The zero-order chi connectivity index (χ0) is 13.9. The van der Waals surface area contributed by atoms with Crippen molar-refractivity contribution in [2.24, 2.45) is 0 Å². The van der Waals surface area contributed by atoms with Gasteiger partial charge in [0.05, 0.1) is 10.3 Å². The van der Waals surface area contributed by atoms with Crippen molar-refractivity contribution in [2.45, 2.75) is 26.7 Å². The maximum absolute atomic E-state index is 4.73. The van der Waals surface area contributed by atoms with Crippen molar-refractivity contribution in [3.8, 4) is 10.7 Å². The molecule has 3 heterocycles. The van der Waals surface area contributed by atoms with Crippen LogP contribution >= 0.6 is 22.7 Å². The van der Waals surface area contributed by atoms with Crippen LogP contribution in [0, 0.1) is 0 Å². The molecule has 5 heteroatoms. The third kappa shape index (κ3) is 2.55. The Labute approximate surface area is 126 Å². The molecule has 104 valence electrons. The number of aryl methyl sites for hydroxylation is 1. The van der Waals surface area contributed by atoms with E-state index in [4.69, 9.17) is 9.97 Å². The van der Waals surface area contributed by atoms with Gasteiger partial charge in [0.2, 0.25) is 0 Å². The second-order valence-corrected chi connectivity index (χ2v) is 6.65. The molecule has 20 heavy (non-hydrogen) atoms. The van der Waals surface area contributed by atoms with Crippen LogP contribution in [-0.4, -0.2) is 16.5 Å². The first kappa shape index (κ1) is 13.5. The molecular weight excluding hydrogens is 286 g/mol. The van der Waals surface area contributed by atoms with Gasteiger partial charge in [-0.05, 0) is 30.4 Å². The smallest absolute Gasteiger partial charge is 0.173 e. The fourth-order valence-corrected chi connectivity index (χ4v) is 3.66. The van der Waals surface area contributed by atoms with Crippen LogP contribution in [0.3, 0.4) is 0 Å². The Bertz CT molecular complexity index is 701. The molecule has 0 saturated heterocycles. The Morgan fingerprint density at radius 3 is 2.85 bits per heavy atom. The Hall–Kier alpha value is -1.46. The quantitative estimate of drug-likeness (QED) is 0.735. The minimum absolute atomic E-state index is 0.829. The van der Waals surface area contributed by atoms with Crippen LogP contribution in [0.5, 0.6) is 0 Å². The maximum Gasteiger partial charge on any atom is 0.173 e. The number of hydrogen-bond acceptors (Lipinski definition) is 5. The molecule has 0 aliphatic rings. The summed E-state index contributed by atoms with van der Waals surface area (Å²) < 4.78 is 0. The summed E-state index contributed by atoms with van der Waals surface area (Å²) >= 11 is 3.45. The van der Waals surface area contributed by atoms with Crippen LogP contribution in [0.15, 0.2) is 23.6 Å². The lowest BCUT2D eigenvalue weighted by atomic mass is 10.3. The molecule has 1 N–H and O–H groups in total. The highest BCUT2D eigenvalue weighted by atomic mass is 32.1. The van der Waals surface area contributed by atoms with Gasteiger partial charge in [-0.3, -0.25) is 0 Å². The van der Waals surface area contributed by atoms with Crippen LogP contribution in [0.4, 0.5) is 5.82 Å². The summed E-state index contributed by atoms with van der Waals surface area (Å²) in [4.78, 5) is 13.0. The number of anilines is 1. The molecule has 0 saturated carbocycles. The van der Waals surface area contributed by atoms with Gasteiger partial charge in [-0.15, -0.1) is 22.7 Å². The molecule has 0 aliphatic carbocycles. The van der Waals surface area contributed by atoms with Gasteiger partial charge in [0.15, 0.2) is 5.82 Å². The van der Waals surface area contributed by atoms with Crippen LogP contribution in [0.1, 0.15) is 25.1 Å². The molecule has 3 aromatic heterocycles. The first-order valence-corrected chi connectivity index (χ1v) is 8.59. The van der Waals surface area contributed by atoms with Crippen LogP contribution in [0.25, 0.3) is 20.9 Å². The normalized spacial score (nSPS) is 11.1. The predicted octanol–water partition coefficient (Wildman–Crippen LogP) is 4.80. The number of hydrogen-bond donors (Lipinski definition) is 1. The second-order valence-electron chi connectivity index (χ2n) is 4.58. The summed E-state index contributed by atoms with van der Waals surface area (Å²) in [6.45, 7) is 5.28. The largest absolute Gasteiger partial charge is 0.369 e. The predicted molar refractivity (Wildman–Crippen MR) is 88.9 cm³/mol. The molecule has 0 amide bonds. The highest BCUT2D eigenvalue weighted by molar-refractivity contribution is 7.18. The maximum atomic E-state index is 4.73. The van der Waals surface area contributed by atoms with Gasteiger partial charge in [0.25, 0.3) is 0 Å². The van der Waals surface area contributed by atoms with Gasteiger partial charge in [-0.2, -0.15) is 0 Å². The van der Waals surface area contributed by atoms with E-state index in [2.05, 4.69) is 36.7 Å². The Morgan fingerprint density at radius 1 is 1.25 bits per heavy atom. The van der Waals surface area contributed by atoms with Crippen molar-refractivity contribution < 1.29 is 0 Å². The Kier molecular flexibility index (Phi) is 3.98. The molecule has 0 radical (unpaired) electrons. The first-order valence-electron chi connectivity index (χ1n) is 6.90. The van der Waals surface area contributed by atoms with Crippen molar-refractivity contribution in [3.05, 3.63) is 28.5 Å². The molecule has 0 bridgehead atoms. The monoisotopic (exact) mass is 303 g/mol. The average Bonchev–Trinajstić information content (AvgIpc) is 3.12. The number of rotatable bonds is 5. The van der Waals surface area contributed by atoms with E-state index in [0.717, 1.165) is 46.1 Å².